The summed E-state index contributed by atoms with van der Waals surface area (Å²) in [7, 11) is 2.14. The van der Waals surface area contributed by atoms with Crippen LogP contribution in [0.25, 0.3) is 0 Å². The smallest absolute Gasteiger partial charge is 0.337 e. The molecule has 0 spiro atoms. The Bertz CT molecular complexity index is 2230. The molecule has 0 unspecified atom stereocenters. The third kappa shape index (κ3) is 13.7. The normalized spacial score (nSPS) is 37.1. The second-order valence-electron chi connectivity index (χ2n) is 17.8. The largest absolute Gasteiger partial charge is 0.508 e. The Morgan fingerprint density at radius 2 is 1.04 bits per heavy atom. The van der Waals surface area contributed by atoms with Gasteiger partial charge in [0.05, 0.1) is 70.6 Å². The van der Waals surface area contributed by atoms with Gasteiger partial charge in [-0.05, 0) is 38.0 Å². The molecule has 0 aromatic heterocycles. The van der Waals surface area contributed by atoms with Crippen molar-refractivity contribution in [1.82, 2.24) is 0 Å². The predicted octanol–water partition coefficient (Wildman–Crippen LogP) is -3.78. The zero-order valence-corrected chi connectivity index (χ0v) is 41.0. The lowest BCUT2D eigenvalue weighted by molar-refractivity contribution is -0.327. The molecule has 1 aromatic carbocycles. The zero-order chi connectivity index (χ0) is 54.8. The molecule has 0 saturated carbocycles. The highest BCUT2D eigenvalue weighted by Gasteiger charge is 2.51. The Kier molecular flexibility index (Phi) is 21.1. The first-order valence-corrected chi connectivity index (χ1v) is 23.7. The number of aromatic hydroxyl groups is 1. The van der Waals surface area contributed by atoms with Gasteiger partial charge in [-0.3, -0.25) is 9.59 Å². The number of phenols is 1. The van der Waals surface area contributed by atoms with Gasteiger partial charge in [0, 0.05) is 23.0 Å². The van der Waals surface area contributed by atoms with E-state index >= 15 is 0 Å². The van der Waals surface area contributed by atoms with E-state index in [1.807, 2.05) is 0 Å². The Morgan fingerprint density at radius 3 is 1.49 bits per heavy atom. The lowest BCUT2D eigenvalue weighted by Crippen LogP contribution is -2.61. The van der Waals surface area contributed by atoms with Crippen LogP contribution in [0.1, 0.15) is 32.3 Å². The quantitative estimate of drug-likeness (QED) is 0.0360. The van der Waals surface area contributed by atoms with Crippen LogP contribution < -0.4 is 0 Å². The Balaban J connectivity index is 1.17. The maximum atomic E-state index is 14.0. The monoisotopic (exact) mass is 1070 g/mol. The Hall–Kier alpha value is -5.18. The Labute approximate surface area is 428 Å². The van der Waals surface area contributed by atoms with Gasteiger partial charge in [0.15, 0.2) is 25.0 Å². The fourth-order valence-electron chi connectivity index (χ4n) is 8.88. The highest BCUT2D eigenvalue weighted by Crippen LogP contribution is 2.39. The summed E-state index contributed by atoms with van der Waals surface area (Å²) >= 11 is 0. The van der Waals surface area contributed by atoms with Crippen LogP contribution in [0.3, 0.4) is 0 Å². The first-order chi connectivity index (χ1) is 35.8. The molecule has 19 atom stereocenters. The van der Waals surface area contributed by atoms with Gasteiger partial charge < -0.3 is 113 Å². The van der Waals surface area contributed by atoms with Crippen LogP contribution in [0, 0.1) is 11.8 Å². The molecule has 0 amide bonds. The van der Waals surface area contributed by atoms with Crippen LogP contribution in [0.2, 0.25) is 0 Å². The maximum absolute atomic E-state index is 14.0. The van der Waals surface area contributed by atoms with Crippen molar-refractivity contribution in [3.63, 3.8) is 0 Å². The summed E-state index contributed by atoms with van der Waals surface area (Å²) in [5.74, 6) is -6.43. The van der Waals surface area contributed by atoms with E-state index in [0.717, 1.165) is 26.7 Å². The minimum absolute atomic E-state index is 0.00290. The van der Waals surface area contributed by atoms with E-state index in [0.29, 0.717) is 5.56 Å². The van der Waals surface area contributed by atoms with Crippen LogP contribution in [0.15, 0.2) is 71.2 Å². The number of allylic oxidation sites excluding steroid dienone is 2. The van der Waals surface area contributed by atoms with E-state index in [9.17, 15) is 75.3 Å². The number of esters is 4. The molecule has 3 saturated heterocycles. The number of ether oxygens (including phenoxy) is 12. The van der Waals surface area contributed by atoms with E-state index in [4.69, 9.17) is 56.8 Å². The third-order valence-electron chi connectivity index (χ3n) is 13.1. The Morgan fingerprint density at radius 1 is 0.587 bits per heavy atom. The van der Waals surface area contributed by atoms with E-state index in [1.54, 1.807) is 12.1 Å². The fourth-order valence-corrected chi connectivity index (χ4v) is 8.88. The minimum atomic E-state index is -2.00. The molecule has 27 nitrogen and oxygen atoms in total. The molecule has 3 fully saturated rings. The molecule has 0 radical (unpaired) electrons. The number of aliphatic hydroxyl groups excluding tert-OH is 10. The van der Waals surface area contributed by atoms with E-state index < -0.39 is 173 Å². The standard InChI is InChI=1S/C48H64O27/c1-5-22-24(26(42(62)64-3)17-68-44(22)74-46-39(60)36(57)33(54)28(15-49)70-46)13-31(52)67-19-30-35(56)38(59)41(48(72-30)66-12-11-20-7-9-21(51)10-8-20)73-32(53)14-25-23(6-2)45(69-18-27(25)43(63)65-4)75-47-40(61)37(58)34(55)29(16-50)71-47/h5-10,17-18,24-25,28-30,33-41,44-51,54-61H,11-16,19H2,1-4H3/b22-5-,23-6-/t24-,25-,28+,29+,30+,33+,34+,35+,36-,37-,38-,39+,40+,41+,44-,45-,46-,47-,48+/m0/s1. The average molecular weight is 1070 g/mol. The summed E-state index contributed by atoms with van der Waals surface area (Å²) in [6.07, 6.45) is -25.2. The predicted molar refractivity (Wildman–Crippen MR) is 243 cm³/mol. The molecule has 5 aliphatic rings. The van der Waals surface area contributed by atoms with Crippen LogP contribution in [-0.2, 0) is 82.4 Å². The lowest BCUT2D eigenvalue weighted by atomic mass is 9.86. The van der Waals surface area contributed by atoms with Gasteiger partial charge >= 0.3 is 23.9 Å². The molecule has 1 aromatic rings. The van der Waals surface area contributed by atoms with Crippen molar-refractivity contribution >= 4 is 23.9 Å². The molecule has 418 valence electrons. The van der Waals surface area contributed by atoms with Crippen molar-refractivity contribution in [1.29, 1.82) is 0 Å². The third-order valence-corrected chi connectivity index (χ3v) is 13.1. The second kappa shape index (κ2) is 26.7. The van der Waals surface area contributed by atoms with Crippen molar-refractivity contribution in [2.24, 2.45) is 11.8 Å². The van der Waals surface area contributed by atoms with Crippen molar-refractivity contribution in [3.8, 4) is 5.75 Å². The zero-order valence-electron chi connectivity index (χ0n) is 41.0. The summed E-state index contributed by atoms with van der Waals surface area (Å²) in [6.45, 7) is 0.552. The van der Waals surface area contributed by atoms with E-state index in [2.05, 4.69) is 0 Å². The average Bonchev–Trinajstić information content (AvgIpc) is 3.40. The summed E-state index contributed by atoms with van der Waals surface area (Å²) in [4.78, 5) is 53.6. The number of carbonyl (C=O) groups excluding carboxylic acids is 4. The molecule has 27 heteroatoms. The maximum Gasteiger partial charge on any atom is 0.337 e. The SMILES string of the molecule is C/C=C1\[C@H](O[C@@H]2O[C@H](CO)[C@@H](O)[C@H](O)[C@H]2O)OC=C(C(=O)OC)[C@H]1CC(=O)OC[C@H]1O[C@@H](OCCc2ccc(O)cc2)[C@H](OC(=O)C[C@@H]2C(C(=O)OC)=CO[C@@H](O[C@@H]3O[C@H](CO)[C@@H](O)[C@H](O)[C@H]3O)/C2=C\C)[C@@H](O)[C@@H]1O. The van der Waals surface area contributed by atoms with Gasteiger partial charge in [0.2, 0.25) is 12.6 Å². The molecule has 0 aliphatic carbocycles. The number of rotatable bonds is 19. The van der Waals surface area contributed by atoms with Crippen LogP contribution in [0.4, 0.5) is 0 Å². The van der Waals surface area contributed by atoms with Gasteiger partial charge in [-0.15, -0.1) is 0 Å². The molecule has 6 rings (SSSR count). The molecule has 5 aliphatic heterocycles. The number of phenolic OH excluding ortho intramolecular Hbond substituents is 1. The number of aliphatic hydroxyl groups is 10. The molecule has 5 heterocycles. The summed E-state index contributed by atoms with van der Waals surface area (Å²) in [5, 5.41) is 114. The molecule has 0 bridgehead atoms. The van der Waals surface area contributed by atoms with E-state index in [1.165, 1.54) is 38.1 Å². The number of methoxy groups -OCH3 is 2. The molecular weight excluding hydrogens is 1010 g/mol. The van der Waals surface area contributed by atoms with Gasteiger partial charge in [0.1, 0.15) is 79.5 Å². The topological polar surface area (TPSA) is 402 Å². The van der Waals surface area contributed by atoms with Gasteiger partial charge in [0.25, 0.3) is 0 Å². The molecule has 75 heavy (non-hydrogen) atoms. The first-order valence-electron chi connectivity index (χ1n) is 23.7. The van der Waals surface area contributed by atoms with Crippen molar-refractivity contribution < 1.29 is 132 Å². The van der Waals surface area contributed by atoms with Crippen LogP contribution >= 0.6 is 0 Å². The van der Waals surface area contributed by atoms with E-state index in [-0.39, 0.29) is 41.1 Å². The van der Waals surface area contributed by atoms with Crippen molar-refractivity contribution in [2.45, 2.75) is 138 Å². The lowest BCUT2D eigenvalue weighted by Gasteiger charge is -2.42. The molecule has 11 N–H and O–H groups in total. The second-order valence-corrected chi connectivity index (χ2v) is 17.8. The van der Waals surface area contributed by atoms with Crippen LogP contribution in [0.5, 0.6) is 5.75 Å². The van der Waals surface area contributed by atoms with Crippen LogP contribution in [-0.4, -0.2) is 225 Å². The fraction of sp³-hybridized carbons (Fsp3) is 0.625. The number of hydrogen-bond donors (Lipinski definition) is 11. The van der Waals surface area contributed by atoms with Crippen molar-refractivity contribution in [3.05, 3.63) is 76.8 Å². The minimum Gasteiger partial charge on any atom is -0.508 e. The van der Waals surface area contributed by atoms with Gasteiger partial charge in [-0.1, -0.05) is 24.3 Å². The van der Waals surface area contributed by atoms with Crippen molar-refractivity contribution in [2.75, 3.05) is 40.6 Å². The number of hydrogen-bond acceptors (Lipinski definition) is 27. The number of carbonyl (C=O) groups is 4. The highest BCUT2D eigenvalue weighted by molar-refractivity contribution is 5.91. The summed E-state index contributed by atoms with van der Waals surface area (Å²) in [5.41, 5.74) is 0.466. The molecular formula is C48H64O27. The first kappa shape index (κ1) is 59.1. The summed E-state index contributed by atoms with van der Waals surface area (Å²) in [6, 6.07) is 6.08. The number of benzene rings is 1. The summed E-state index contributed by atoms with van der Waals surface area (Å²) < 4.78 is 66.8. The van der Waals surface area contributed by atoms with Gasteiger partial charge in [-0.2, -0.15) is 0 Å². The van der Waals surface area contributed by atoms with Gasteiger partial charge in [-0.25, -0.2) is 9.59 Å². The highest BCUT2D eigenvalue weighted by atomic mass is 16.8.